The molecule has 0 spiro atoms. The molecule has 0 aliphatic carbocycles. The van der Waals surface area contributed by atoms with E-state index >= 15 is 0 Å². The number of alkyl halides is 3. The van der Waals surface area contributed by atoms with Crippen LogP contribution in [0, 0.1) is 0 Å². The van der Waals surface area contributed by atoms with Crippen LogP contribution in [-0.2, 0) is 27.4 Å². The minimum absolute atomic E-state index is 0.358. The summed E-state index contributed by atoms with van der Waals surface area (Å²) in [6.07, 6.45) is -15.5. The highest BCUT2D eigenvalue weighted by molar-refractivity contribution is 7.92. The van der Waals surface area contributed by atoms with E-state index in [9.17, 15) is 26.4 Å². The molecule has 1 aromatic carbocycles. The van der Waals surface area contributed by atoms with Gasteiger partial charge in [-0.3, -0.25) is 4.72 Å². The summed E-state index contributed by atoms with van der Waals surface area (Å²) < 4.78 is 140. The van der Waals surface area contributed by atoms with Gasteiger partial charge in [0, 0.05) is 36.0 Å². The Kier molecular flexibility index (Phi) is 5.67. The van der Waals surface area contributed by atoms with Crippen LogP contribution in [0.1, 0.15) is 61.0 Å². The SMILES string of the molecule is [2H]C1([2H])CCCN(C([2H])([2H])C([2H])([2H])CC(C)=O)c2cccc(n2)S(=O)(=O)Nc2ccc(C(F)(F)F)c(n2)-c2ccccc2C1([2H])[2H]. The molecule has 0 fully saturated rings. The van der Waals surface area contributed by atoms with Gasteiger partial charge in [-0.1, -0.05) is 36.8 Å². The van der Waals surface area contributed by atoms with Gasteiger partial charge in [0.2, 0.25) is 0 Å². The lowest BCUT2D eigenvalue weighted by atomic mass is 9.96. The number of sulfonamides is 1. The van der Waals surface area contributed by atoms with Gasteiger partial charge in [0.25, 0.3) is 10.0 Å². The van der Waals surface area contributed by atoms with Gasteiger partial charge in [0.15, 0.2) is 5.03 Å². The Morgan fingerprint density at radius 2 is 1.89 bits per heavy atom. The number of fused-ring (bicyclic) bond motifs is 6. The van der Waals surface area contributed by atoms with E-state index in [1.807, 2.05) is 4.72 Å². The molecule has 2 aromatic heterocycles. The molecule has 0 atom stereocenters. The molecule has 1 aliphatic heterocycles. The molecule has 1 aliphatic rings. The van der Waals surface area contributed by atoms with Crippen molar-refractivity contribution in [2.45, 2.75) is 56.5 Å². The van der Waals surface area contributed by atoms with Gasteiger partial charge in [-0.15, -0.1) is 0 Å². The summed E-state index contributed by atoms with van der Waals surface area (Å²) >= 11 is 0. The molecule has 202 valence electrons. The fourth-order valence-electron chi connectivity index (χ4n) is 3.61. The van der Waals surface area contributed by atoms with Crippen LogP contribution >= 0.6 is 0 Å². The first kappa shape index (κ1) is 18.7. The Morgan fingerprint density at radius 1 is 1.11 bits per heavy atom. The molecule has 0 amide bonds. The zero-order valence-electron chi connectivity index (χ0n) is 28.1. The van der Waals surface area contributed by atoms with Crippen molar-refractivity contribution in [3.05, 3.63) is 65.7 Å². The summed E-state index contributed by atoms with van der Waals surface area (Å²) in [5.41, 5.74) is -3.10. The average Bonchev–Trinajstić information content (AvgIpc) is 2.93. The number of rotatable bonds is 4. The van der Waals surface area contributed by atoms with E-state index in [-0.39, 0.29) is 6.42 Å². The molecule has 0 unspecified atom stereocenters. The number of hydrogen-bond donors (Lipinski definition) is 1. The van der Waals surface area contributed by atoms with Gasteiger partial charge in [-0.2, -0.15) is 21.6 Å². The van der Waals surface area contributed by atoms with E-state index in [0.29, 0.717) is 6.07 Å². The number of Topliss-reactive ketones (excluding diaryl/α,β-unsaturated/α-hetero) is 1. The summed E-state index contributed by atoms with van der Waals surface area (Å²) in [5.74, 6) is -1.70. The topological polar surface area (TPSA) is 92.3 Å². The van der Waals surface area contributed by atoms with Crippen LogP contribution in [0.3, 0.4) is 0 Å². The number of aromatic nitrogens is 2. The number of pyridine rings is 2. The predicted molar refractivity (Wildman–Crippen MR) is 139 cm³/mol. The Hall–Kier alpha value is -3.47. The summed E-state index contributed by atoms with van der Waals surface area (Å²) in [6, 6.07) is 9.47. The van der Waals surface area contributed by atoms with Gasteiger partial charge < -0.3 is 9.69 Å². The van der Waals surface area contributed by atoms with E-state index in [1.54, 1.807) is 0 Å². The third-order valence-corrected chi connectivity index (χ3v) is 6.60. The number of carbonyl (C=O) groups is 1. The lowest BCUT2D eigenvalue weighted by Gasteiger charge is -2.24. The fraction of sp³-hybridized carbons (Fsp3) is 0.370. The Balaban J connectivity index is 1.99. The van der Waals surface area contributed by atoms with Crippen molar-refractivity contribution in [1.82, 2.24) is 9.97 Å². The molecule has 7 nitrogen and oxygen atoms in total. The van der Waals surface area contributed by atoms with E-state index in [1.165, 1.54) is 24.3 Å². The molecule has 3 heterocycles. The van der Waals surface area contributed by atoms with Gasteiger partial charge in [-0.25, -0.2) is 9.97 Å². The van der Waals surface area contributed by atoms with Crippen LogP contribution in [0.2, 0.25) is 0 Å². The number of nitrogens with zero attached hydrogens (tertiary/aromatic N) is 3. The fourth-order valence-corrected chi connectivity index (χ4v) is 4.58. The smallest absolute Gasteiger partial charge is 0.357 e. The first-order chi connectivity index (χ1) is 21.0. The second-order valence-electron chi connectivity index (χ2n) is 8.30. The van der Waals surface area contributed by atoms with Crippen LogP contribution in [0.5, 0.6) is 0 Å². The first-order valence-corrected chi connectivity index (χ1v) is 12.9. The number of benzene rings is 1. The summed E-state index contributed by atoms with van der Waals surface area (Å²) in [4.78, 5) is 20.4. The minimum atomic E-state index is -5.01. The molecule has 38 heavy (non-hydrogen) atoms. The molecule has 0 saturated heterocycles. The van der Waals surface area contributed by atoms with E-state index in [2.05, 4.69) is 9.97 Å². The minimum Gasteiger partial charge on any atom is -0.357 e. The standard InChI is InChI=1S/C27H29F3N4O3S/c1-19(35)9-8-18-34-17-6-2-3-10-20-11-4-5-12-21(20)26-22(27(28,29)30)15-16-23(31-26)33-38(36,37)25-14-7-13-24(34)32-25/h4-5,7,11-16H,2-3,6,8-10,17-18H2,1H3,(H,31,33)/i3D2,8D2,10D2,18D2. The van der Waals surface area contributed by atoms with Crippen molar-refractivity contribution in [1.29, 1.82) is 0 Å². The highest BCUT2D eigenvalue weighted by Crippen LogP contribution is 2.38. The average molecular weight is 555 g/mol. The maximum atomic E-state index is 14.2. The van der Waals surface area contributed by atoms with Crippen LogP contribution in [0.4, 0.5) is 24.8 Å². The second kappa shape index (κ2) is 11.5. The van der Waals surface area contributed by atoms with Crippen molar-refractivity contribution >= 4 is 27.4 Å². The molecule has 3 aromatic rings. The maximum absolute atomic E-state index is 14.2. The van der Waals surface area contributed by atoms with Gasteiger partial charge in [0.05, 0.1) is 11.3 Å². The number of aryl methyl sites for hydroxylation is 1. The zero-order chi connectivity index (χ0) is 34.5. The molecule has 4 bridgehead atoms. The molecule has 4 rings (SSSR count). The molecule has 11 heteroatoms. The summed E-state index contributed by atoms with van der Waals surface area (Å²) in [6.45, 7) is -2.48. The van der Waals surface area contributed by atoms with Crippen molar-refractivity contribution < 1.29 is 37.3 Å². The monoisotopic (exact) mass is 554 g/mol. The predicted octanol–water partition coefficient (Wildman–Crippen LogP) is 5.87. The zero-order valence-corrected chi connectivity index (χ0v) is 20.9. The maximum Gasteiger partial charge on any atom is 0.418 e. The number of ketones is 1. The highest BCUT2D eigenvalue weighted by atomic mass is 32.2. The number of nitrogens with one attached hydrogen (secondary N) is 1. The number of carbonyl (C=O) groups excluding carboxylic acids is 1. The van der Waals surface area contributed by atoms with Crippen molar-refractivity contribution in [2.24, 2.45) is 0 Å². The number of halogens is 3. The Morgan fingerprint density at radius 3 is 2.66 bits per heavy atom. The number of anilines is 2. The van der Waals surface area contributed by atoms with Crippen molar-refractivity contribution in [3.63, 3.8) is 0 Å². The Labute approximate surface area is 231 Å². The first-order valence-electron chi connectivity index (χ1n) is 15.5. The number of hydrogen-bond acceptors (Lipinski definition) is 6. The third kappa shape index (κ3) is 6.69. The largest absolute Gasteiger partial charge is 0.418 e. The van der Waals surface area contributed by atoms with Crippen LogP contribution in [0.25, 0.3) is 11.3 Å². The van der Waals surface area contributed by atoms with Crippen LogP contribution < -0.4 is 9.62 Å². The highest BCUT2D eigenvalue weighted by Gasteiger charge is 2.35. The van der Waals surface area contributed by atoms with Crippen molar-refractivity contribution in [3.8, 4) is 11.3 Å². The molecule has 0 saturated carbocycles. The lowest BCUT2D eigenvalue weighted by molar-refractivity contribution is -0.137. The normalized spacial score (nSPS) is 22.4. The quantitative estimate of drug-likeness (QED) is 0.434. The Bertz CT molecular complexity index is 1760. The molecular formula is C27H29F3N4O3S. The van der Waals surface area contributed by atoms with Gasteiger partial charge in [-0.05, 0) is 62.3 Å². The lowest BCUT2D eigenvalue weighted by Crippen LogP contribution is -2.28. The summed E-state index contributed by atoms with van der Waals surface area (Å²) in [5, 5.41) is -0.722. The third-order valence-electron chi connectivity index (χ3n) is 5.34. The van der Waals surface area contributed by atoms with Crippen molar-refractivity contribution in [2.75, 3.05) is 22.7 Å². The molecular weight excluding hydrogens is 517 g/mol. The van der Waals surface area contributed by atoms with E-state index in [0.717, 1.165) is 36.1 Å². The molecule has 1 N–H and O–H groups in total. The van der Waals surface area contributed by atoms with E-state index in [4.69, 9.17) is 11.0 Å². The second-order valence-corrected chi connectivity index (χ2v) is 9.93. The summed E-state index contributed by atoms with van der Waals surface area (Å²) in [7, 11) is -4.71. The van der Waals surface area contributed by atoms with E-state index < -0.39 is 106 Å². The van der Waals surface area contributed by atoms with Gasteiger partial charge >= 0.3 is 6.18 Å². The molecule has 0 radical (unpaired) electrons. The van der Waals surface area contributed by atoms with Crippen LogP contribution in [0.15, 0.2) is 59.6 Å². The van der Waals surface area contributed by atoms with Gasteiger partial charge in [0.1, 0.15) is 17.4 Å². The van der Waals surface area contributed by atoms with Crippen LogP contribution in [-0.4, -0.2) is 37.2 Å².